The molecule has 0 heterocycles. The van der Waals surface area contributed by atoms with Gasteiger partial charge in [-0.25, -0.2) is 4.79 Å². The summed E-state index contributed by atoms with van der Waals surface area (Å²) in [5.41, 5.74) is 0.242. The molecule has 0 bridgehead atoms. The van der Waals surface area contributed by atoms with Crippen LogP contribution in [-0.4, -0.2) is 18.6 Å². The summed E-state index contributed by atoms with van der Waals surface area (Å²) in [6.45, 7) is 3.91. The molecule has 1 N–H and O–H groups in total. The number of methoxy groups -OCH3 is 1. The lowest BCUT2D eigenvalue weighted by molar-refractivity contribution is -0.145. The van der Waals surface area contributed by atoms with Gasteiger partial charge in [0.05, 0.1) is 7.11 Å². The lowest BCUT2D eigenvalue weighted by atomic mass is 9.96. The van der Waals surface area contributed by atoms with Crippen molar-refractivity contribution < 1.29 is 9.53 Å². The number of rotatable bonds is 5. The number of carbonyl (C=O) groups excluding carboxylic acids is 1. The predicted octanol–water partition coefficient (Wildman–Crippen LogP) is 3.59. The van der Waals surface area contributed by atoms with E-state index in [-0.39, 0.29) is 5.97 Å². The fourth-order valence-electron chi connectivity index (χ4n) is 1.79. The van der Waals surface area contributed by atoms with Gasteiger partial charge in [-0.05, 0) is 37.6 Å². The van der Waals surface area contributed by atoms with Crippen LogP contribution >= 0.6 is 15.9 Å². The molecule has 1 aromatic carbocycles. The van der Waals surface area contributed by atoms with Crippen LogP contribution in [0.1, 0.15) is 26.7 Å². The van der Waals surface area contributed by atoms with E-state index in [1.165, 1.54) is 7.11 Å². The Labute approximate surface area is 111 Å². The van der Waals surface area contributed by atoms with E-state index in [1.807, 2.05) is 38.1 Å². The number of nitrogens with one attached hydrogen (secondary N) is 1. The van der Waals surface area contributed by atoms with Crippen molar-refractivity contribution in [1.29, 1.82) is 0 Å². The molecule has 0 aliphatic carbocycles. The van der Waals surface area contributed by atoms with E-state index in [2.05, 4.69) is 21.2 Å². The molecule has 17 heavy (non-hydrogen) atoms. The van der Waals surface area contributed by atoms with E-state index in [1.54, 1.807) is 0 Å². The van der Waals surface area contributed by atoms with E-state index < -0.39 is 5.54 Å². The quantitative estimate of drug-likeness (QED) is 0.845. The molecule has 1 aromatic rings. The van der Waals surface area contributed by atoms with Crippen LogP contribution in [0.15, 0.2) is 28.7 Å². The van der Waals surface area contributed by atoms with Gasteiger partial charge in [-0.3, -0.25) is 0 Å². The van der Waals surface area contributed by atoms with Crippen molar-refractivity contribution >= 4 is 27.6 Å². The molecule has 4 heteroatoms. The van der Waals surface area contributed by atoms with Crippen LogP contribution in [0.5, 0.6) is 0 Å². The van der Waals surface area contributed by atoms with Crippen LogP contribution in [-0.2, 0) is 9.53 Å². The minimum atomic E-state index is -0.669. The second-order valence-corrected chi connectivity index (χ2v) is 5.12. The molecule has 0 amide bonds. The summed E-state index contributed by atoms with van der Waals surface area (Å²) < 4.78 is 5.87. The molecular weight excluding hydrogens is 282 g/mol. The van der Waals surface area contributed by atoms with Gasteiger partial charge in [0, 0.05) is 10.2 Å². The highest BCUT2D eigenvalue weighted by atomic mass is 79.9. The van der Waals surface area contributed by atoms with Crippen molar-refractivity contribution in [2.75, 3.05) is 12.4 Å². The summed E-state index contributed by atoms with van der Waals surface area (Å²) in [6, 6.07) is 7.74. The lowest BCUT2D eigenvalue weighted by Crippen LogP contribution is -2.44. The first-order chi connectivity index (χ1) is 8.01. The van der Waals surface area contributed by atoms with Crippen LogP contribution in [0.4, 0.5) is 5.69 Å². The maximum atomic E-state index is 11.8. The predicted molar refractivity (Wildman–Crippen MR) is 73.1 cm³/mol. The number of carbonyl (C=O) groups is 1. The van der Waals surface area contributed by atoms with E-state index in [4.69, 9.17) is 4.74 Å². The van der Waals surface area contributed by atoms with Gasteiger partial charge in [-0.2, -0.15) is 0 Å². The Morgan fingerprint density at radius 3 is 2.47 bits per heavy atom. The van der Waals surface area contributed by atoms with Gasteiger partial charge in [-0.1, -0.05) is 29.3 Å². The average molecular weight is 300 g/mol. The fourth-order valence-corrected chi connectivity index (χ4v) is 2.06. The maximum absolute atomic E-state index is 11.8. The summed E-state index contributed by atoms with van der Waals surface area (Å²) in [6.07, 6.45) is 1.64. The monoisotopic (exact) mass is 299 g/mol. The summed E-state index contributed by atoms with van der Waals surface area (Å²) >= 11 is 3.38. The Morgan fingerprint density at radius 2 is 2.00 bits per heavy atom. The van der Waals surface area contributed by atoms with Gasteiger partial charge in [0.2, 0.25) is 0 Å². The van der Waals surface area contributed by atoms with Crippen LogP contribution < -0.4 is 5.32 Å². The summed E-state index contributed by atoms with van der Waals surface area (Å²) in [5, 5.41) is 3.24. The van der Waals surface area contributed by atoms with E-state index >= 15 is 0 Å². The number of benzene rings is 1. The van der Waals surface area contributed by atoms with Gasteiger partial charge in [0.1, 0.15) is 5.54 Å². The molecule has 1 atom stereocenters. The first-order valence-electron chi connectivity index (χ1n) is 5.64. The van der Waals surface area contributed by atoms with E-state index in [0.29, 0.717) is 0 Å². The second-order valence-electron chi connectivity index (χ2n) is 4.21. The minimum absolute atomic E-state index is 0.234. The van der Waals surface area contributed by atoms with E-state index in [0.717, 1.165) is 23.0 Å². The first kappa shape index (κ1) is 14.0. The Balaban J connectivity index is 2.86. The van der Waals surface area contributed by atoms with Gasteiger partial charge in [0.15, 0.2) is 0 Å². The zero-order valence-electron chi connectivity index (χ0n) is 10.4. The molecule has 0 aliphatic heterocycles. The zero-order valence-corrected chi connectivity index (χ0v) is 12.0. The maximum Gasteiger partial charge on any atom is 0.331 e. The van der Waals surface area contributed by atoms with Crippen molar-refractivity contribution in [2.24, 2.45) is 0 Å². The average Bonchev–Trinajstić information content (AvgIpc) is 2.31. The Kier molecular flexibility index (Phi) is 5.00. The van der Waals surface area contributed by atoms with Crippen LogP contribution in [0.25, 0.3) is 0 Å². The van der Waals surface area contributed by atoms with Crippen molar-refractivity contribution in [3.63, 3.8) is 0 Å². The van der Waals surface area contributed by atoms with Crippen molar-refractivity contribution in [1.82, 2.24) is 0 Å². The minimum Gasteiger partial charge on any atom is -0.467 e. The topological polar surface area (TPSA) is 38.3 Å². The standard InChI is InChI=1S/C13H18BrNO2/c1-4-9-13(2,12(16)17-3)15-11-7-5-10(14)6-8-11/h5-8,15H,4,9H2,1-3H3. The van der Waals surface area contributed by atoms with Crippen LogP contribution in [0.2, 0.25) is 0 Å². The first-order valence-corrected chi connectivity index (χ1v) is 6.43. The van der Waals surface area contributed by atoms with E-state index in [9.17, 15) is 4.79 Å². The van der Waals surface area contributed by atoms with Crippen LogP contribution in [0, 0.1) is 0 Å². The molecule has 0 spiro atoms. The summed E-state index contributed by atoms with van der Waals surface area (Å²) in [5.74, 6) is -0.234. The number of hydrogen-bond donors (Lipinski definition) is 1. The molecule has 1 rings (SSSR count). The Morgan fingerprint density at radius 1 is 1.41 bits per heavy atom. The Bertz CT molecular complexity index is 378. The molecule has 94 valence electrons. The molecule has 3 nitrogen and oxygen atoms in total. The van der Waals surface area contributed by atoms with Crippen molar-refractivity contribution in [2.45, 2.75) is 32.2 Å². The van der Waals surface area contributed by atoms with Crippen molar-refractivity contribution in [3.8, 4) is 0 Å². The lowest BCUT2D eigenvalue weighted by Gasteiger charge is -2.28. The fraction of sp³-hybridized carbons (Fsp3) is 0.462. The SMILES string of the molecule is CCCC(C)(Nc1ccc(Br)cc1)C(=O)OC. The van der Waals surface area contributed by atoms with Gasteiger partial charge < -0.3 is 10.1 Å². The largest absolute Gasteiger partial charge is 0.467 e. The van der Waals surface area contributed by atoms with Gasteiger partial charge in [0.25, 0.3) is 0 Å². The number of halogens is 1. The highest BCUT2D eigenvalue weighted by molar-refractivity contribution is 9.10. The molecule has 0 saturated carbocycles. The molecular formula is C13H18BrNO2. The second kappa shape index (κ2) is 6.05. The molecule has 0 saturated heterocycles. The summed E-state index contributed by atoms with van der Waals surface area (Å²) in [4.78, 5) is 11.8. The molecule has 1 unspecified atom stereocenters. The Hall–Kier alpha value is -1.03. The third kappa shape index (κ3) is 3.73. The van der Waals surface area contributed by atoms with Gasteiger partial charge in [-0.15, -0.1) is 0 Å². The molecule has 0 radical (unpaired) electrons. The molecule has 0 aromatic heterocycles. The normalized spacial score (nSPS) is 13.9. The highest BCUT2D eigenvalue weighted by Crippen LogP contribution is 2.23. The smallest absolute Gasteiger partial charge is 0.331 e. The summed E-state index contributed by atoms with van der Waals surface area (Å²) in [7, 11) is 1.42. The number of hydrogen-bond acceptors (Lipinski definition) is 3. The number of anilines is 1. The van der Waals surface area contributed by atoms with Gasteiger partial charge >= 0.3 is 5.97 Å². The molecule has 0 fully saturated rings. The third-order valence-electron chi connectivity index (χ3n) is 2.65. The highest BCUT2D eigenvalue weighted by Gasteiger charge is 2.33. The van der Waals surface area contributed by atoms with Crippen LogP contribution in [0.3, 0.4) is 0 Å². The zero-order chi connectivity index (χ0) is 12.9. The molecule has 0 aliphatic rings. The number of esters is 1. The third-order valence-corrected chi connectivity index (χ3v) is 3.18. The number of ether oxygens (including phenoxy) is 1. The van der Waals surface area contributed by atoms with Crippen molar-refractivity contribution in [3.05, 3.63) is 28.7 Å².